The first-order valence-corrected chi connectivity index (χ1v) is 5.87. The van der Waals surface area contributed by atoms with Gasteiger partial charge >= 0.3 is 5.97 Å². The predicted octanol–water partition coefficient (Wildman–Crippen LogP) is 1.83. The Bertz CT molecular complexity index is 473. The van der Waals surface area contributed by atoms with Crippen molar-refractivity contribution in [3.8, 4) is 5.75 Å². The molecule has 2 N–H and O–H groups in total. The van der Waals surface area contributed by atoms with Gasteiger partial charge in [-0.15, -0.1) is 6.58 Å². The second kappa shape index (κ2) is 6.80. The van der Waals surface area contributed by atoms with Crippen LogP contribution < -0.4 is 10.1 Å². The minimum absolute atomic E-state index is 0.140. The Morgan fingerprint density at radius 2 is 2.22 bits per heavy atom. The number of hydrogen-bond donors (Lipinski definition) is 2. The lowest BCUT2D eigenvalue weighted by Gasteiger charge is -2.08. The standard InChI is InChI=1S/C12H12BrNO4/c1-2-5-14-11(15)7-18-10-4-3-8(12(16)17)6-9(10)13/h2-4,6H,1,5,7H2,(H,14,15)(H,16,17). The maximum Gasteiger partial charge on any atom is 0.335 e. The monoisotopic (exact) mass is 313 g/mol. The van der Waals surface area contributed by atoms with Crippen molar-refractivity contribution in [3.05, 3.63) is 40.9 Å². The van der Waals surface area contributed by atoms with Crippen LogP contribution in [0.1, 0.15) is 10.4 Å². The van der Waals surface area contributed by atoms with Gasteiger partial charge in [0.2, 0.25) is 0 Å². The number of carboxylic acids is 1. The summed E-state index contributed by atoms with van der Waals surface area (Å²) in [4.78, 5) is 22.0. The largest absolute Gasteiger partial charge is 0.483 e. The second-order valence-electron chi connectivity index (χ2n) is 3.33. The molecule has 1 rings (SSSR count). The van der Waals surface area contributed by atoms with Crippen LogP contribution in [0.25, 0.3) is 0 Å². The van der Waals surface area contributed by atoms with Crippen molar-refractivity contribution in [1.29, 1.82) is 0 Å². The third-order valence-electron chi connectivity index (χ3n) is 1.98. The molecule has 0 spiro atoms. The Hall–Kier alpha value is -1.82. The van der Waals surface area contributed by atoms with Crippen LogP contribution in [-0.4, -0.2) is 30.1 Å². The van der Waals surface area contributed by atoms with Crippen LogP contribution in [0.3, 0.4) is 0 Å². The van der Waals surface area contributed by atoms with E-state index in [9.17, 15) is 9.59 Å². The van der Waals surface area contributed by atoms with E-state index in [1.807, 2.05) is 0 Å². The molecule has 0 aliphatic heterocycles. The van der Waals surface area contributed by atoms with E-state index in [4.69, 9.17) is 9.84 Å². The van der Waals surface area contributed by atoms with Crippen molar-refractivity contribution >= 4 is 27.8 Å². The molecule has 0 saturated carbocycles. The Morgan fingerprint density at radius 3 is 2.78 bits per heavy atom. The number of halogens is 1. The van der Waals surface area contributed by atoms with Gasteiger partial charge in [-0.2, -0.15) is 0 Å². The van der Waals surface area contributed by atoms with Crippen molar-refractivity contribution in [2.75, 3.05) is 13.2 Å². The molecule has 1 aromatic rings. The molecule has 6 heteroatoms. The molecule has 0 atom stereocenters. The smallest absolute Gasteiger partial charge is 0.335 e. The summed E-state index contributed by atoms with van der Waals surface area (Å²) in [5.41, 5.74) is 0.144. The molecule has 0 aliphatic rings. The van der Waals surface area contributed by atoms with Crippen LogP contribution in [0, 0.1) is 0 Å². The minimum Gasteiger partial charge on any atom is -0.483 e. The molecule has 0 radical (unpaired) electrons. The summed E-state index contributed by atoms with van der Waals surface area (Å²) in [6.45, 7) is 3.71. The van der Waals surface area contributed by atoms with E-state index in [1.165, 1.54) is 18.2 Å². The van der Waals surface area contributed by atoms with E-state index >= 15 is 0 Å². The summed E-state index contributed by atoms with van der Waals surface area (Å²) in [6, 6.07) is 4.32. The zero-order chi connectivity index (χ0) is 13.5. The van der Waals surface area contributed by atoms with Gasteiger partial charge in [0, 0.05) is 6.54 Å². The van der Waals surface area contributed by atoms with E-state index in [-0.39, 0.29) is 18.1 Å². The van der Waals surface area contributed by atoms with Crippen LogP contribution >= 0.6 is 15.9 Å². The number of ether oxygens (including phenoxy) is 1. The topological polar surface area (TPSA) is 75.6 Å². The van der Waals surface area contributed by atoms with Crippen molar-refractivity contribution in [2.45, 2.75) is 0 Å². The highest BCUT2D eigenvalue weighted by molar-refractivity contribution is 9.10. The number of hydrogen-bond acceptors (Lipinski definition) is 3. The summed E-state index contributed by atoms with van der Waals surface area (Å²) in [5, 5.41) is 11.3. The maximum atomic E-state index is 11.3. The number of carbonyl (C=O) groups excluding carboxylic acids is 1. The summed E-state index contributed by atoms with van der Waals surface area (Å²) < 4.78 is 5.73. The van der Waals surface area contributed by atoms with Crippen LogP contribution in [0.4, 0.5) is 0 Å². The van der Waals surface area contributed by atoms with Crippen LogP contribution in [-0.2, 0) is 4.79 Å². The summed E-state index contributed by atoms with van der Waals surface area (Å²) in [5.74, 6) is -0.885. The van der Waals surface area contributed by atoms with Gasteiger partial charge in [0.05, 0.1) is 10.0 Å². The van der Waals surface area contributed by atoms with Gasteiger partial charge in [-0.3, -0.25) is 4.79 Å². The molecular weight excluding hydrogens is 302 g/mol. The first-order chi connectivity index (χ1) is 8.54. The van der Waals surface area contributed by atoms with Gasteiger partial charge in [0.25, 0.3) is 5.91 Å². The number of carboxylic acid groups (broad SMARTS) is 1. The maximum absolute atomic E-state index is 11.3. The van der Waals surface area contributed by atoms with Gasteiger partial charge < -0.3 is 15.2 Å². The molecule has 0 fully saturated rings. The van der Waals surface area contributed by atoms with Gasteiger partial charge in [-0.25, -0.2) is 4.79 Å². The van der Waals surface area contributed by atoms with E-state index in [2.05, 4.69) is 27.8 Å². The lowest BCUT2D eigenvalue weighted by atomic mass is 10.2. The number of carbonyl (C=O) groups is 2. The molecule has 0 saturated heterocycles. The normalized spacial score (nSPS) is 9.61. The Labute approximate surface area is 113 Å². The third kappa shape index (κ3) is 4.21. The number of rotatable bonds is 6. The molecule has 1 amide bonds. The van der Waals surface area contributed by atoms with Crippen molar-refractivity contribution in [2.24, 2.45) is 0 Å². The number of amides is 1. The second-order valence-corrected chi connectivity index (χ2v) is 4.19. The third-order valence-corrected chi connectivity index (χ3v) is 2.60. The SMILES string of the molecule is C=CCNC(=O)COc1ccc(C(=O)O)cc1Br. The van der Waals surface area contributed by atoms with Gasteiger partial charge in [-0.1, -0.05) is 6.08 Å². The highest BCUT2D eigenvalue weighted by Crippen LogP contribution is 2.25. The van der Waals surface area contributed by atoms with Crippen LogP contribution in [0.2, 0.25) is 0 Å². The minimum atomic E-state index is -1.02. The molecule has 0 heterocycles. The Morgan fingerprint density at radius 1 is 1.50 bits per heavy atom. The molecule has 0 bridgehead atoms. The lowest BCUT2D eigenvalue weighted by molar-refractivity contribution is -0.122. The van der Waals surface area contributed by atoms with Crippen LogP contribution in [0.5, 0.6) is 5.75 Å². The van der Waals surface area contributed by atoms with Gasteiger partial charge in [0.15, 0.2) is 6.61 Å². The average molecular weight is 314 g/mol. The highest BCUT2D eigenvalue weighted by atomic mass is 79.9. The molecule has 96 valence electrons. The molecule has 5 nitrogen and oxygen atoms in total. The molecule has 18 heavy (non-hydrogen) atoms. The fraction of sp³-hybridized carbons (Fsp3) is 0.167. The summed E-state index contributed by atoms with van der Waals surface area (Å²) >= 11 is 3.18. The quantitative estimate of drug-likeness (QED) is 0.786. The fourth-order valence-corrected chi connectivity index (χ4v) is 1.62. The van der Waals surface area contributed by atoms with Gasteiger partial charge in [0.1, 0.15) is 5.75 Å². The first-order valence-electron chi connectivity index (χ1n) is 5.08. The zero-order valence-corrected chi connectivity index (χ0v) is 11.1. The molecule has 0 aromatic heterocycles. The number of aromatic carboxylic acids is 1. The van der Waals surface area contributed by atoms with E-state index < -0.39 is 5.97 Å². The van der Waals surface area contributed by atoms with E-state index in [0.29, 0.717) is 16.8 Å². The van der Waals surface area contributed by atoms with Crippen LogP contribution in [0.15, 0.2) is 35.3 Å². The summed E-state index contributed by atoms with van der Waals surface area (Å²) in [6.07, 6.45) is 1.56. The lowest BCUT2D eigenvalue weighted by Crippen LogP contribution is -2.28. The van der Waals surface area contributed by atoms with E-state index in [0.717, 1.165) is 0 Å². The van der Waals surface area contributed by atoms with Crippen molar-refractivity contribution < 1.29 is 19.4 Å². The summed E-state index contributed by atoms with van der Waals surface area (Å²) in [7, 11) is 0. The van der Waals surface area contributed by atoms with E-state index in [1.54, 1.807) is 6.08 Å². The predicted molar refractivity (Wildman–Crippen MR) is 69.8 cm³/mol. The zero-order valence-electron chi connectivity index (χ0n) is 9.48. The van der Waals surface area contributed by atoms with Crippen molar-refractivity contribution in [1.82, 2.24) is 5.32 Å². The first kappa shape index (κ1) is 14.2. The molecule has 0 aliphatic carbocycles. The Kier molecular flexibility index (Phi) is 5.38. The number of nitrogens with one attached hydrogen (secondary N) is 1. The van der Waals surface area contributed by atoms with Gasteiger partial charge in [-0.05, 0) is 34.1 Å². The number of benzene rings is 1. The highest BCUT2D eigenvalue weighted by Gasteiger charge is 2.08. The molecule has 1 aromatic carbocycles. The average Bonchev–Trinajstić information content (AvgIpc) is 2.34. The Balaban J connectivity index is 2.60. The fourth-order valence-electron chi connectivity index (χ4n) is 1.13. The molecule has 0 unspecified atom stereocenters. The molecular formula is C12H12BrNO4. The van der Waals surface area contributed by atoms with Crippen molar-refractivity contribution in [3.63, 3.8) is 0 Å².